The molecule has 6 nitrogen and oxygen atoms in total. The Morgan fingerprint density at radius 1 is 1.21 bits per heavy atom. The Bertz CT molecular complexity index is 863. The third-order valence-corrected chi connectivity index (χ3v) is 3.46. The molecule has 0 N–H and O–H groups in total. The lowest BCUT2D eigenvalue weighted by atomic mass is 10.2. The first-order valence-corrected chi connectivity index (χ1v) is 7.42. The van der Waals surface area contributed by atoms with E-state index in [4.69, 9.17) is 25.6 Å². The van der Waals surface area contributed by atoms with Crippen molar-refractivity contribution in [2.45, 2.75) is 6.61 Å². The first-order chi connectivity index (χ1) is 11.7. The molecule has 0 saturated heterocycles. The van der Waals surface area contributed by atoms with Gasteiger partial charge in [-0.3, -0.25) is 4.79 Å². The van der Waals surface area contributed by atoms with Gasteiger partial charge in [0.05, 0.1) is 7.11 Å². The van der Waals surface area contributed by atoms with E-state index in [0.717, 1.165) is 11.8 Å². The molecule has 0 amide bonds. The first-order valence-electron chi connectivity index (χ1n) is 7.04. The number of aromatic nitrogens is 2. The van der Waals surface area contributed by atoms with E-state index in [1.165, 1.54) is 7.11 Å². The van der Waals surface area contributed by atoms with E-state index in [0.29, 0.717) is 33.8 Å². The maximum atomic E-state index is 10.9. The number of rotatable bonds is 6. The fraction of sp³-hybridized carbons (Fsp3) is 0.118. The van der Waals surface area contributed by atoms with E-state index < -0.39 is 0 Å². The van der Waals surface area contributed by atoms with Crippen molar-refractivity contribution in [3.8, 4) is 22.9 Å². The number of methoxy groups -OCH3 is 1. The van der Waals surface area contributed by atoms with Crippen molar-refractivity contribution < 1.29 is 18.8 Å². The van der Waals surface area contributed by atoms with Crippen LogP contribution in [-0.2, 0) is 6.61 Å². The molecule has 122 valence electrons. The highest BCUT2D eigenvalue weighted by Gasteiger charge is 2.12. The third-order valence-electron chi connectivity index (χ3n) is 3.23. The third kappa shape index (κ3) is 3.55. The maximum Gasteiger partial charge on any atom is 0.264 e. The molecule has 1 heterocycles. The first kappa shape index (κ1) is 16.0. The lowest BCUT2D eigenvalue weighted by molar-refractivity contribution is 0.112. The molecule has 24 heavy (non-hydrogen) atoms. The van der Waals surface area contributed by atoms with Gasteiger partial charge in [-0.05, 0) is 30.3 Å². The van der Waals surface area contributed by atoms with E-state index in [1.54, 1.807) is 36.4 Å². The number of halogens is 1. The predicted octanol–water partition coefficient (Wildman–Crippen LogP) is 3.79. The fourth-order valence-corrected chi connectivity index (χ4v) is 2.27. The summed E-state index contributed by atoms with van der Waals surface area (Å²) in [5.41, 5.74) is 1.23. The zero-order chi connectivity index (χ0) is 16.9. The van der Waals surface area contributed by atoms with Crippen LogP contribution in [0.3, 0.4) is 0 Å². The smallest absolute Gasteiger partial charge is 0.264 e. The van der Waals surface area contributed by atoms with E-state index in [2.05, 4.69) is 10.1 Å². The average Bonchev–Trinajstić information content (AvgIpc) is 3.08. The SMILES string of the molecule is COc1ccc(C=O)cc1OCc1nc(-c2cccc(Cl)c2)no1. The fourth-order valence-electron chi connectivity index (χ4n) is 2.08. The standard InChI is InChI=1S/C17H13ClN2O4/c1-22-14-6-5-11(9-21)7-15(14)23-10-16-19-17(20-24-16)12-3-2-4-13(18)8-12/h2-9H,10H2,1H3. The van der Waals surface area contributed by atoms with Crippen LogP contribution in [0.2, 0.25) is 5.02 Å². The second kappa shape index (κ2) is 7.14. The topological polar surface area (TPSA) is 74.5 Å². The van der Waals surface area contributed by atoms with E-state index in [-0.39, 0.29) is 6.61 Å². The van der Waals surface area contributed by atoms with Gasteiger partial charge in [-0.2, -0.15) is 4.98 Å². The van der Waals surface area contributed by atoms with Gasteiger partial charge in [0.15, 0.2) is 18.1 Å². The van der Waals surface area contributed by atoms with Crippen molar-refractivity contribution in [3.63, 3.8) is 0 Å². The van der Waals surface area contributed by atoms with Crippen LogP contribution in [0.15, 0.2) is 47.0 Å². The molecule has 0 saturated carbocycles. The summed E-state index contributed by atoms with van der Waals surface area (Å²) < 4.78 is 16.0. The number of carbonyl (C=O) groups excluding carboxylic acids is 1. The molecule has 3 aromatic rings. The van der Waals surface area contributed by atoms with Crippen LogP contribution in [0.5, 0.6) is 11.5 Å². The Labute approximate surface area is 143 Å². The van der Waals surface area contributed by atoms with E-state index in [9.17, 15) is 4.79 Å². The number of ether oxygens (including phenoxy) is 2. The van der Waals surface area contributed by atoms with Crippen molar-refractivity contribution in [3.05, 3.63) is 58.9 Å². The minimum atomic E-state index is 0.0479. The molecular weight excluding hydrogens is 332 g/mol. The summed E-state index contributed by atoms with van der Waals surface area (Å²) in [5, 5.41) is 4.49. The minimum Gasteiger partial charge on any atom is -0.493 e. The molecule has 0 aliphatic rings. The van der Waals surface area contributed by atoms with Gasteiger partial charge >= 0.3 is 0 Å². The maximum absolute atomic E-state index is 10.9. The van der Waals surface area contributed by atoms with Crippen molar-refractivity contribution >= 4 is 17.9 Å². The number of benzene rings is 2. The number of hydrogen-bond acceptors (Lipinski definition) is 6. The highest BCUT2D eigenvalue weighted by molar-refractivity contribution is 6.30. The summed E-state index contributed by atoms with van der Waals surface area (Å²) in [5.74, 6) is 1.65. The second-order valence-corrected chi connectivity index (χ2v) is 5.28. The highest BCUT2D eigenvalue weighted by Crippen LogP contribution is 2.28. The Balaban J connectivity index is 1.75. The normalized spacial score (nSPS) is 10.4. The van der Waals surface area contributed by atoms with Crippen LogP contribution in [0, 0.1) is 0 Å². The van der Waals surface area contributed by atoms with Gasteiger partial charge in [-0.15, -0.1) is 0 Å². The minimum absolute atomic E-state index is 0.0479. The van der Waals surface area contributed by atoms with Crippen LogP contribution < -0.4 is 9.47 Å². The van der Waals surface area contributed by atoms with Crippen LogP contribution in [-0.4, -0.2) is 23.5 Å². The molecule has 1 aromatic heterocycles. The van der Waals surface area contributed by atoms with Gasteiger partial charge in [0.2, 0.25) is 5.82 Å². The molecule has 3 rings (SSSR count). The summed E-state index contributed by atoms with van der Waals surface area (Å²) in [7, 11) is 1.52. The van der Waals surface area contributed by atoms with Crippen molar-refractivity contribution in [1.82, 2.24) is 10.1 Å². The summed E-state index contributed by atoms with van der Waals surface area (Å²) in [6.07, 6.45) is 0.732. The largest absolute Gasteiger partial charge is 0.493 e. The lowest BCUT2D eigenvalue weighted by Crippen LogP contribution is -1.99. The molecule has 7 heteroatoms. The molecule has 0 spiro atoms. The Kier molecular flexibility index (Phi) is 4.77. The monoisotopic (exact) mass is 344 g/mol. The van der Waals surface area contributed by atoms with Gasteiger partial charge < -0.3 is 14.0 Å². The number of hydrogen-bond donors (Lipinski definition) is 0. The van der Waals surface area contributed by atoms with Crippen molar-refractivity contribution in [2.75, 3.05) is 7.11 Å². The Morgan fingerprint density at radius 3 is 2.83 bits per heavy atom. The van der Waals surface area contributed by atoms with Gasteiger partial charge in [-0.1, -0.05) is 28.9 Å². The van der Waals surface area contributed by atoms with Crippen molar-refractivity contribution in [2.24, 2.45) is 0 Å². The molecule has 0 radical (unpaired) electrons. The second-order valence-electron chi connectivity index (χ2n) is 4.84. The van der Waals surface area contributed by atoms with Crippen LogP contribution in [0.25, 0.3) is 11.4 Å². The highest BCUT2D eigenvalue weighted by atomic mass is 35.5. The molecule has 0 bridgehead atoms. The Morgan fingerprint density at radius 2 is 2.08 bits per heavy atom. The number of carbonyl (C=O) groups is 1. The van der Waals surface area contributed by atoms with Gasteiger partial charge in [0, 0.05) is 16.1 Å². The van der Waals surface area contributed by atoms with E-state index >= 15 is 0 Å². The summed E-state index contributed by atoms with van der Waals surface area (Å²) in [6.45, 7) is 0.0479. The molecule has 0 fully saturated rings. The summed E-state index contributed by atoms with van der Waals surface area (Å²) in [6, 6.07) is 12.0. The average molecular weight is 345 g/mol. The zero-order valence-electron chi connectivity index (χ0n) is 12.7. The Hall–Kier alpha value is -2.86. The van der Waals surface area contributed by atoms with E-state index in [1.807, 2.05) is 6.07 Å². The molecular formula is C17H13ClN2O4. The van der Waals surface area contributed by atoms with Gasteiger partial charge in [0.1, 0.15) is 6.29 Å². The molecule has 0 aliphatic carbocycles. The predicted molar refractivity (Wildman–Crippen MR) is 87.5 cm³/mol. The summed E-state index contributed by atoms with van der Waals surface area (Å²) >= 11 is 5.95. The van der Waals surface area contributed by atoms with Crippen LogP contribution >= 0.6 is 11.6 Å². The van der Waals surface area contributed by atoms with Crippen LogP contribution in [0.4, 0.5) is 0 Å². The lowest BCUT2D eigenvalue weighted by Gasteiger charge is -2.09. The molecule has 0 atom stereocenters. The number of nitrogens with zero attached hydrogens (tertiary/aromatic N) is 2. The van der Waals surface area contributed by atoms with Crippen molar-refractivity contribution in [1.29, 1.82) is 0 Å². The quantitative estimate of drug-likeness (QED) is 0.633. The van der Waals surface area contributed by atoms with Gasteiger partial charge in [-0.25, -0.2) is 0 Å². The summed E-state index contributed by atoms with van der Waals surface area (Å²) in [4.78, 5) is 15.1. The zero-order valence-corrected chi connectivity index (χ0v) is 13.5. The molecule has 2 aromatic carbocycles. The molecule has 0 aliphatic heterocycles. The number of aldehydes is 1. The van der Waals surface area contributed by atoms with Gasteiger partial charge in [0.25, 0.3) is 5.89 Å². The van der Waals surface area contributed by atoms with Crippen LogP contribution in [0.1, 0.15) is 16.2 Å². The molecule has 0 unspecified atom stereocenters.